The van der Waals surface area contributed by atoms with Gasteiger partial charge in [-0.05, 0) is 81.5 Å². The maximum absolute atomic E-state index is 12.4. The molecule has 0 atom stereocenters. The molecule has 0 unspecified atom stereocenters. The number of ether oxygens (including phenoxy) is 1. The van der Waals surface area contributed by atoms with Gasteiger partial charge in [0.25, 0.3) is 0 Å². The van der Waals surface area contributed by atoms with Crippen LogP contribution in [0.1, 0.15) is 64.7 Å². The van der Waals surface area contributed by atoms with Crippen LogP contribution in [0.15, 0.2) is 12.2 Å². The molecule has 0 aliphatic heterocycles. The molecular weight excluding hydrogens is 260 g/mol. The molecule has 5 fully saturated rings. The number of hydrogen-bond acceptors (Lipinski definition) is 2. The molecule has 0 aromatic rings. The first-order valence-corrected chi connectivity index (χ1v) is 8.98. The highest BCUT2D eigenvalue weighted by Gasteiger charge is 2.62. The Kier molecular flexibility index (Phi) is 3.20. The van der Waals surface area contributed by atoms with Crippen LogP contribution in [0, 0.1) is 29.6 Å². The van der Waals surface area contributed by atoms with Crippen LogP contribution in [0.25, 0.3) is 0 Å². The summed E-state index contributed by atoms with van der Waals surface area (Å²) in [4.78, 5) is 12.4. The Labute approximate surface area is 128 Å². The predicted molar refractivity (Wildman–Crippen MR) is 82.6 cm³/mol. The second-order valence-corrected chi connectivity index (χ2v) is 8.31. The fourth-order valence-electron chi connectivity index (χ4n) is 6.46. The maximum Gasteiger partial charge on any atom is 0.333 e. The highest BCUT2D eigenvalue weighted by molar-refractivity contribution is 5.87. The van der Waals surface area contributed by atoms with E-state index in [4.69, 9.17) is 4.74 Å². The molecular formula is C19H28O2. The van der Waals surface area contributed by atoms with E-state index in [9.17, 15) is 4.79 Å². The lowest BCUT2D eigenvalue weighted by molar-refractivity contribution is -0.225. The normalized spacial score (nSPS) is 45.0. The fraction of sp³-hybridized carbons (Fsp3) is 0.842. The minimum Gasteiger partial charge on any atom is -0.455 e. The van der Waals surface area contributed by atoms with Crippen LogP contribution in [-0.4, -0.2) is 11.6 Å². The van der Waals surface area contributed by atoms with Gasteiger partial charge in [-0.1, -0.05) is 19.4 Å². The molecule has 21 heavy (non-hydrogen) atoms. The molecule has 5 saturated carbocycles. The van der Waals surface area contributed by atoms with Crippen molar-refractivity contribution < 1.29 is 9.53 Å². The molecule has 116 valence electrons. The van der Waals surface area contributed by atoms with Crippen molar-refractivity contribution in [2.24, 2.45) is 29.6 Å². The first-order valence-electron chi connectivity index (χ1n) is 8.98. The second-order valence-electron chi connectivity index (χ2n) is 8.31. The van der Waals surface area contributed by atoms with Crippen molar-refractivity contribution in [1.82, 2.24) is 0 Å². The zero-order valence-electron chi connectivity index (χ0n) is 13.3. The van der Waals surface area contributed by atoms with Crippen LogP contribution >= 0.6 is 0 Å². The van der Waals surface area contributed by atoms with Crippen LogP contribution < -0.4 is 0 Å². The summed E-state index contributed by atoms with van der Waals surface area (Å²) in [6, 6.07) is 0. The molecule has 0 amide bonds. The van der Waals surface area contributed by atoms with Crippen molar-refractivity contribution in [1.29, 1.82) is 0 Å². The average Bonchev–Trinajstić information content (AvgIpc) is 2.96. The summed E-state index contributed by atoms with van der Waals surface area (Å²) in [5.74, 6) is 3.61. The van der Waals surface area contributed by atoms with Crippen LogP contribution in [0.2, 0.25) is 0 Å². The van der Waals surface area contributed by atoms with Crippen LogP contribution in [0.4, 0.5) is 0 Å². The third-order valence-corrected chi connectivity index (χ3v) is 7.03. The number of rotatable bonds is 3. The summed E-state index contributed by atoms with van der Waals surface area (Å²) in [6.07, 6.45) is 11.9. The molecule has 0 aromatic carbocycles. The molecule has 4 bridgehead atoms. The summed E-state index contributed by atoms with van der Waals surface area (Å²) in [5.41, 5.74) is 0.445. The van der Waals surface area contributed by atoms with Gasteiger partial charge < -0.3 is 4.74 Å². The lowest BCUT2D eigenvalue weighted by Gasteiger charge is -2.62. The summed E-state index contributed by atoms with van der Waals surface area (Å²) in [7, 11) is 0. The Balaban J connectivity index is 1.69. The van der Waals surface area contributed by atoms with E-state index in [1.807, 2.05) is 0 Å². The molecule has 5 rings (SSSR count). The molecule has 0 spiro atoms. The highest BCUT2D eigenvalue weighted by atomic mass is 16.6. The van der Waals surface area contributed by atoms with Gasteiger partial charge in [0.15, 0.2) is 0 Å². The van der Waals surface area contributed by atoms with Gasteiger partial charge in [0.2, 0.25) is 0 Å². The summed E-state index contributed by atoms with van der Waals surface area (Å²) < 4.78 is 6.32. The van der Waals surface area contributed by atoms with Crippen molar-refractivity contribution in [2.75, 3.05) is 0 Å². The van der Waals surface area contributed by atoms with Gasteiger partial charge >= 0.3 is 5.97 Å². The van der Waals surface area contributed by atoms with Crippen LogP contribution in [0.5, 0.6) is 0 Å². The van der Waals surface area contributed by atoms with Crippen molar-refractivity contribution in [3.05, 3.63) is 12.2 Å². The molecule has 0 heterocycles. The van der Waals surface area contributed by atoms with Crippen molar-refractivity contribution in [2.45, 2.75) is 70.3 Å². The van der Waals surface area contributed by atoms with Gasteiger partial charge in [-0.25, -0.2) is 4.79 Å². The lowest BCUT2D eigenvalue weighted by Crippen LogP contribution is -2.62. The predicted octanol–water partition coefficient (Wildman–Crippen LogP) is 4.49. The number of carbonyl (C=O) groups excluding carboxylic acids is 1. The van der Waals surface area contributed by atoms with E-state index in [0.717, 1.165) is 11.8 Å². The largest absolute Gasteiger partial charge is 0.455 e. The van der Waals surface area contributed by atoms with Crippen LogP contribution in [-0.2, 0) is 9.53 Å². The van der Waals surface area contributed by atoms with Crippen molar-refractivity contribution in [3.8, 4) is 0 Å². The van der Waals surface area contributed by atoms with E-state index < -0.39 is 0 Å². The van der Waals surface area contributed by atoms with Gasteiger partial charge in [0.05, 0.1) is 0 Å². The summed E-state index contributed by atoms with van der Waals surface area (Å²) >= 11 is 0. The first kappa shape index (κ1) is 13.8. The third-order valence-electron chi connectivity index (χ3n) is 7.03. The minimum atomic E-state index is -0.130. The molecule has 5 aliphatic carbocycles. The van der Waals surface area contributed by atoms with Crippen molar-refractivity contribution >= 4 is 5.97 Å². The summed E-state index contributed by atoms with van der Waals surface area (Å²) in [6.45, 7) is 5.61. The Morgan fingerprint density at radius 1 is 0.952 bits per heavy atom. The third kappa shape index (κ3) is 2.01. The molecule has 2 heteroatoms. The van der Waals surface area contributed by atoms with Crippen LogP contribution in [0.3, 0.4) is 0 Å². The standard InChI is InChI=1S/C19H28O2/c1-12(2)18(20)21-19(15-5-3-4-6-15)16-8-13-7-14(10-16)11-17(19)9-13/h13-17H,1,3-11H2,2H3. The maximum atomic E-state index is 12.4. The van der Waals surface area contributed by atoms with Gasteiger partial charge in [-0.15, -0.1) is 0 Å². The molecule has 0 N–H and O–H groups in total. The summed E-state index contributed by atoms with van der Waals surface area (Å²) in [5, 5.41) is 0. The Hall–Kier alpha value is -0.790. The van der Waals surface area contributed by atoms with Gasteiger partial charge in [0.1, 0.15) is 5.60 Å². The van der Waals surface area contributed by atoms with Gasteiger partial charge in [-0.3, -0.25) is 0 Å². The first-order chi connectivity index (χ1) is 10.1. The Morgan fingerprint density at radius 2 is 1.48 bits per heavy atom. The van der Waals surface area contributed by atoms with Crippen molar-refractivity contribution in [3.63, 3.8) is 0 Å². The monoisotopic (exact) mass is 288 g/mol. The molecule has 5 aliphatic rings. The Bertz CT molecular complexity index is 430. The SMILES string of the molecule is C=C(C)C(=O)OC1(C2CCCC2)C2CC3CC(C2)CC1C3. The number of hydrogen-bond donors (Lipinski definition) is 0. The quantitative estimate of drug-likeness (QED) is 0.565. The molecule has 0 saturated heterocycles. The molecule has 2 nitrogen and oxygen atoms in total. The Morgan fingerprint density at radius 3 is 1.95 bits per heavy atom. The van der Waals surface area contributed by atoms with E-state index in [1.54, 1.807) is 6.92 Å². The fourth-order valence-corrected chi connectivity index (χ4v) is 6.46. The number of carbonyl (C=O) groups is 1. The average molecular weight is 288 g/mol. The zero-order valence-corrected chi connectivity index (χ0v) is 13.3. The smallest absolute Gasteiger partial charge is 0.333 e. The van der Waals surface area contributed by atoms with Gasteiger partial charge in [0, 0.05) is 5.57 Å². The minimum absolute atomic E-state index is 0.125. The molecule has 0 aromatic heterocycles. The van der Waals surface area contributed by atoms with E-state index in [2.05, 4.69) is 6.58 Å². The molecule has 0 radical (unpaired) electrons. The van der Waals surface area contributed by atoms with E-state index >= 15 is 0 Å². The second kappa shape index (κ2) is 4.86. The van der Waals surface area contributed by atoms with Gasteiger partial charge in [-0.2, -0.15) is 0 Å². The van der Waals surface area contributed by atoms with E-state index in [1.165, 1.54) is 57.8 Å². The number of esters is 1. The zero-order chi connectivity index (χ0) is 14.6. The van der Waals surface area contributed by atoms with E-state index in [0.29, 0.717) is 23.3 Å². The van der Waals surface area contributed by atoms with E-state index in [-0.39, 0.29) is 11.6 Å². The topological polar surface area (TPSA) is 26.3 Å². The lowest BCUT2D eigenvalue weighted by atomic mass is 9.47. The highest BCUT2D eigenvalue weighted by Crippen LogP contribution is 2.63.